The SMILES string of the molecule is N#Cc1cc(S(=O)(=O)Nc2nccs2)ccc1Oc1cnc(-c2cccc(F)c2)cc1-c1cccnc1. The van der Waals surface area contributed by atoms with Gasteiger partial charge in [0.2, 0.25) is 0 Å². The van der Waals surface area contributed by atoms with Gasteiger partial charge in [-0.15, -0.1) is 11.3 Å². The average molecular weight is 530 g/mol. The number of aromatic nitrogens is 3. The van der Waals surface area contributed by atoms with Gasteiger partial charge in [0.15, 0.2) is 10.9 Å². The van der Waals surface area contributed by atoms with Crippen LogP contribution in [0.15, 0.2) is 95.7 Å². The van der Waals surface area contributed by atoms with Crippen LogP contribution in [0, 0.1) is 17.1 Å². The number of benzene rings is 2. The average Bonchev–Trinajstić information content (AvgIpc) is 3.42. The third-order valence-corrected chi connectivity index (χ3v) is 7.37. The number of hydrogen-bond acceptors (Lipinski definition) is 8. The van der Waals surface area contributed by atoms with Crippen LogP contribution in [0.2, 0.25) is 0 Å². The van der Waals surface area contributed by atoms with E-state index in [4.69, 9.17) is 4.74 Å². The highest BCUT2D eigenvalue weighted by Gasteiger charge is 2.19. The van der Waals surface area contributed by atoms with E-state index in [0.717, 1.165) is 11.3 Å². The second-order valence-electron chi connectivity index (χ2n) is 7.63. The smallest absolute Gasteiger partial charge is 0.263 e. The number of rotatable bonds is 7. The minimum atomic E-state index is -3.96. The van der Waals surface area contributed by atoms with Gasteiger partial charge < -0.3 is 4.74 Å². The van der Waals surface area contributed by atoms with Gasteiger partial charge in [0.25, 0.3) is 10.0 Å². The van der Waals surface area contributed by atoms with Crippen LogP contribution in [-0.2, 0) is 10.0 Å². The molecule has 0 bridgehead atoms. The summed E-state index contributed by atoms with van der Waals surface area (Å²) in [5.74, 6) is 0.0583. The Labute approximate surface area is 215 Å². The predicted octanol–water partition coefficient (Wildman–Crippen LogP) is 5.87. The van der Waals surface area contributed by atoms with E-state index in [2.05, 4.69) is 19.7 Å². The summed E-state index contributed by atoms with van der Waals surface area (Å²) in [7, 11) is -3.96. The van der Waals surface area contributed by atoms with E-state index in [1.165, 1.54) is 42.7 Å². The lowest BCUT2D eigenvalue weighted by Crippen LogP contribution is -2.13. The van der Waals surface area contributed by atoms with E-state index >= 15 is 0 Å². The molecule has 182 valence electrons. The zero-order valence-electron chi connectivity index (χ0n) is 18.9. The number of anilines is 1. The van der Waals surface area contributed by atoms with E-state index in [-0.39, 0.29) is 27.2 Å². The first-order chi connectivity index (χ1) is 17.9. The number of nitriles is 1. The number of pyridine rings is 2. The first-order valence-corrected chi connectivity index (χ1v) is 13.1. The molecule has 1 N–H and O–H groups in total. The van der Waals surface area contributed by atoms with Crippen molar-refractivity contribution in [1.82, 2.24) is 15.0 Å². The van der Waals surface area contributed by atoms with E-state index in [9.17, 15) is 18.1 Å². The van der Waals surface area contributed by atoms with Crippen molar-refractivity contribution in [3.8, 4) is 40.0 Å². The minimum absolute atomic E-state index is 0.00774. The maximum Gasteiger partial charge on any atom is 0.263 e. The van der Waals surface area contributed by atoms with Crippen molar-refractivity contribution < 1.29 is 17.5 Å². The summed E-state index contributed by atoms with van der Waals surface area (Å²) < 4.78 is 47.7. The van der Waals surface area contributed by atoms with Crippen molar-refractivity contribution >= 4 is 26.5 Å². The molecule has 3 heterocycles. The van der Waals surface area contributed by atoms with Crippen LogP contribution in [0.25, 0.3) is 22.4 Å². The van der Waals surface area contributed by atoms with Crippen LogP contribution < -0.4 is 9.46 Å². The Morgan fingerprint density at radius 2 is 1.81 bits per heavy atom. The molecule has 0 aliphatic rings. The quantitative estimate of drug-likeness (QED) is 0.280. The second-order valence-corrected chi connectivity index (χ2v) is 10.2. The fourth-order valence-electron chi connectivity index (χ4n) is 3.50. The van der Waals surface area contributed by atoms with Crippen LogP contribution >= 0.6 is 11.3 Å². The van der Waals surface area contributed by atoms with Gasteiger partial charge in [-0.1, -0.05) is 18.2 Å². The number of ether oxygens (including phenoxy) is 1. The van der Waals surface area contributed by atoms with Crippen molar-refractivity contribution in [2.75, 3.05) is 4.72 Å². The van der Waals surface area contributed by atoms with Crippen molar-refractivity contribution in [3.63, 3.8) is 0 Å². The molecule has 0 unspecified atom stereocenters. The van der Waals surface area contributed by atoms with E-state index < -0.39 is 10.0 Å². The van der Waals surface area contributed by atoms with Gasteiger partial charge in [0.05, 0.1) is 22.3 Å². The molecule has 0 amide bonds. The normalized spacial score (nSPS) is 11.0. The van der Waals surface area contributed by atoms with E-state index in [1.807, 2.05) is 12.1 Å². The fraction of sp³-hybridized carbons (Fsp3) is 0. The summed E-state index contributed by atoms with van der Waals surface area (Å²) in [6, 6.07) is 17.3. The lowest BCUT2D eigenvalue weighted by molar-refractivity contribution is 0.480. The molecule has 0 aliphatic heterocycles. The molecule has 0 radical (unpaired) electrons. The highest BCUT2D eigenvalue weighted by atomic mass is 32.2. The van der Waals surface area contributed by atoms with Gasteiger partial charge in [0.1, 0.15) is 17.6 Å². The molecule has 0 spiro atoms. The molecule has 8 nitrogen and oxygen atoms in total. The third kappa shape index (κ3) is 5.30. The summed E-state index contributed by atoms with van der Waals surface area (Å²) in [5, 5.41) is 11.6. The molecule has 11 heteroatoms. The number of halogens is 1. The Hall–Kier alpha value is -4.66. The Bertz CT molecular complexity index is 1720. The van der Waals surface area contributed by atoms with Crippen LogP contribution in [0.1, 0.15) is 5.56 Å². The Morgan fingerprint density at radius 3 is 2.54 bits per heavy atom. The topological polar surface area (TPSA) is 118 Å². The number of hydrogen-bond donors (Lipinski definition) is 1. The van der Waals surface area contributed by atoms with Crippen molar-refractivity contribution in [1.29, 1.82) is 5.26 Å². The summed E-state index contributed by atoms with van der Waals surface area (Å²) in [4.78, 5) is 12.4. The predicted molar refractivity (Wildman–Crippen MR) is 137 cm³/mol. The Morgan fingerprint density at radius 1 is 0.946 bits per heavy atom. The maximum atomic E-state index is 13.8. The van der Waals surface area contributed by atoms with Crippen LogP contribution in [-0.4, -0.2) is 23.4 Å². The van der Waals surface area contributed by atoms with Gasteiger partial charge >= 0.3 is 0 Å². The molecule has 3 aromatic heterocycles. The van der Waals surface area contributed by atoms with Gasteiger partial charge in [-0.3, -0.25) is 14.7 Å². The molecule has 37 heavy (non-hydrogen) atoms. The monoisotopic (exact) mass is 529 g/mol. The summed E-state index contributed by atoms with van der Waals surface area (Å²) in [5.41, 5.74) is 2.42. The van der Waals surface area contributed by atoms with E-state index in [0.29, 0.717) is 28.1 Å². The first kappa shape index (κ1) is 24.1. The lowest BCUT2D eigenvalue weighted by atomic mass is 10.0. The zero-order chi connectivity index (χ0) is 25.8. The number of sulfonamides is 1. The van der Waals surface area contributed by atoms with E-state index in [1.54, 1.807) is 42.0 Å². The molecule has 0 saturated heterocycles. The van der Waals surface area contributed by atoms with Gasteiger partial charge in [-0.2, -0.15) is 5.26 Å². The van der Waals surface area contributed by atoms with Crippen LogP contribution in [0.5, 0.6) is 11.5 Å². The van der Waals surface area contributed by atoms with Gasteiger partial charge in [-0.05, 0) is 42.5 Å². The summed E-state index contributed by atoms with van der Waals surface area (Å²) in [6.45, 7) is 0. The molecule has 0 aliphatic carbocycles. The van der Waals surface area contributed by atoms with Crippen molar-refractivity contribution in [2.24, 2.45) is 0 Å². The summed E-state index contributed by atoms with van der Waals surface area (Å²) in [6.07, 6.45) is 6.22. The maximum absolute atomic E-state index is 13.8. The molecule has 2 aromatic carbocycles. The zero-order valence-corrected chi connectivity index (χ0v) is 20.5. The lowest BCUT2D eigenvalue weighted by Gasteiger charge is -2.14. The van der Waals surface area contributed by atoms with Crippen molar-refractivity contribution in [2.45, 2.75) is 4.90 Å². The molecule has 5 aromatic rings. The summed E-state index contributed by atoms with van der Waals surface area (Å²) >= 11 is 1.14. The third-order valence-electron chi connectivity index (χ3n) is 5.22. The molecular weight excluding hydrogens is 513 g/mol. The molecule has 0 fully saturated rings. The highest BCUT2D eigenvalue weighted by molar-refractivity contribution is 7.93. The first-order valence-electron chi connectivity index (χ1n) is 10.7. The number of thiazole rings is 1. The number of nitrogens with zero attached hydrogens (tertiary/aromatic N) is 4. The minimum Gasteiger partial charge on any atom is -0.454 e. The van der Waals surface area contributed by atoms with Gasteiger partial charge in [0, 0.05) is 40.7 Å². The Balaban J connectivity index is 1.53. The standard InChI is InChI=1S/C26H16FN5O3S2/c27-20-5-1-3-17(11-20)23-13-22(18-4-2-8-29-15-18)25(16-31-23)35-24-7-6-21(12-19(24)14-28)37(33,34)32-26-30-9-10-36-26/h1-13,15-16H,(H,30,32). The second kappa shape index (κ2) is 10.1. The van der Waals surface area contributed by atoms with Crippen molar-refractivity contribution in [3.05, 3.63) is 102 Å². The number of nitrogens with one attached hydrogen (secondary N) is 1. The Kier molecular flexibility index (Phi) is 6.59. The van der Waals surface area contributed by atoms with Crippen LogP contribution in [0.4, 0.5) is 9.52 Å². The molecular formula is C26H16FN5O3S2. The highest BCUT2D eigenvalue weighted by Crippen LogP contribution is 2.37. The van der Waals surface area contributed by atoms with Gasteiger partial charge in [-0.25, -0.2) is 17.8 Å². The fourth-order valence-corrected chi connectivity index (χ4v) is 5.31. The molecule has 0 atom stereocenters. The molecule has 5 rings (SSSR count). The molecule has 0 saturated carbocycles. The largest absolute Gasteiger partial charge is 0.454 e. The van der Waals surface area contributed by atoms with Crippen LogP contribution in [0.3, 0.4) is 0 Å².